The molecule has 15 heavy (non-hydrogen) atoms. The summed E-state index contributed by atoms with van der Waals surface area (Å²) in [6.07, 6.45) is 1.10. The summed E-state index contributed by atoms with van der Waals surface area (Å²) in [7, 11) is 1.49. The van der Waals surface area contributed by atoms with Gasteiger partial charge in [0.2, 0.25) is 17.7 Å². The highest BCUT2D eigenvalue weighted by Gasteiger charge is 2.17. The van der Waals surface area contributed by atoms with Gasteiger partial charge in [-0.15, -0.1) is 0 Å². The van der Waals surface area contributed by atoms with Gasteiger partial charge in [0.05, 0.1) is 0 Å². The Hall–Kier alpha value is -1.59. The number of amides is 3. The van der Waals surface area contributed by atoms with Gasteiger partial charge in [-0.1, -0.05) is 0 Å². The first-order chi connectivity index (χ1) is 6.97. The minimum Gasteiger partial charge on any atom is -0.370 e. The lowest BCUT2D eigenvalue weighted by molar-refractivity contribution is -0.128. The fourth-order valence-corrected chi connectivity index (χ4v) is 1.17. The maximum atomic E-state index is 11.3. The monoisotopic (exact) mass is 215 g/mol. The highest BCUT2D eigenvalue weighted by Crippen LogP contribution is 2.01. The molecule has 0 radical (unpaired) electrons. The largest absolute Gasteiger partial charge is 0.370 e. The number of hydrogen-bond donors (Lipinski definition) is 3. The lowest BCUT2D eigenvalue weighted by Crippen LogP contribution is -2.44. The molecular weight excluding hydrogens is 198 g/mol. The minimum absolute atomic E-state index is 0.215. The Morgan fingerprint density at radius 1 is 1.33 bits per heavy atom. The van der Waals surface area contributed by atoms with Crippen molar-refractivity contribution in [3.05, 3.63) is 0 Å². The maximum Gasteiger partial charge on any atom is 0.242 e. The van der Waals surface area contributed by atoms with E-state index >= 15 is 0 Å². The van der Waals surface area contributed by atoms with E-state index < -0.39 is 11.9 Å². The Bertz CT molecular complexity index is 253. The molecule has 0 saturated heterocycles. The second-order valence-electron chi connectivity index (χ2n) is 3.23. The van der Waals surface area contributed by atoms with Gasteiger partial charge >= 0.3 is 0 Å². The summed E-state index contributed by atoms with van der Waals surface area (Å²) in [5.41, 5.74) is 4.96. The first-order valence-corrected chi connectivity index (χ1v) is 4.74. The highest BCUT2D eigenvalue weighted by molar-refractivity contribution is 5.86. The molecular formula is C9H17N3O3. The number of likely N-dealkylation sites (N-methyl/N-ethyl adjacent to an activating group) is 1. The number of primary amides is 1. The number of nitrogens with two attached hydrogens (primary N) is 1. The van der Waals surface area contributed by atoms with Gasteiger partial charge in [0, 0.05) is 20.4 Å². The third-order valence-electron chi connectivity index (χ3n) is 1.86. The topological polar surface area (TPSA) is 101 Å². The molecule has 6 nitrogen and oxygen atoms in total. The molecule has 0 aromatic heterocycles. The predicted octanol–water partition coefficient (Wildman–Crippen LogP) is -1.11. The lowest BCUT2D eigenvalue weighted by atomic mass is 10.1. The molecule has 1 atom stereocenters. The molecule has 6 heteroatoms. The first-order valence-electron chi connectivity index (χ1n) is 4.74. The van der Waals surface area contributed by atoms with Gasteiger partial charge in [-0.2, -0.15) is 0 Å². The lowest BCUT2D eigenvalue weighted by Gasteiger charge is -2.15. The molecule has 0 aromatic carbocycles. The molecule has 86 valence electrons. The van der Waals surface area contributed by atoms with Crippen LogP contribution >= 0.6 is 0 Å². The van der Waals surface area contributed by atoms with E-state index in [0.29, 0.717) is 12.8 Å². The highest BCUT2D eigenvalue weighted by atomic mass is 16.2. The average molecular weight is 215 g/mol. The van der Waals surface area contributed by atoms with Crippen molar-refractivity contribution >= 4 is 17.7 Å². The van der Waals surface area contributed by atoms with E-state index in [2.05, 4.69) is 10.6 Å². The van der Waals surface area contributed by atoms with Gasteiger partial charge in [-0.3, -0.25) is 14.4 Å². The van der Waals surface area contributed by atoms with E-state index in [0.717, 1.165) is 0 Å². The molecule has 0 heterocycles. The van der Waals surface area contributed by atoms with E-state index in [-0.39, 0.29) is 18.2 Å². The van der Waals surface area contributed by atoms with E-state index in [9.17, 15) is 14.4 Å². The summed E-state index contributed by atoms with van der Waals surface area (Å²) in [4.78, 5) is 32.5. The Morgan fingerprint density at radius 2 is 1.93 bits per heavy atom. The molecule has 0 aliphatic rings. The Balaban J connectivity index is 4.07. The number of carbonyl (C=O) groups excluding carboxylic acids is 3. The van der Waals surface area contributed by atoms with E-state index in [1.165, 1.54) is 14.0 Å². The van der Waals surface area contributed by atoms with Crippen LogP contribution in [0.1, 0.15) is 26.2 Å². The van der Waals surface area contributed by atoms with Crippen LogP contribution in [0, 0.1) is 0 Å². The second-order valence-corrected chi connectivity index (χ2v) is 3.23. The molecule has 0 fully saturated rings. The third kappa shape index (κ3) is 6.48. The summed E-state index contributed by atoms with van der Waals surface area (Å²) in [5, 5.41) is 4.94. The molecule has 3 amide bonds. The molecule has 0 aromatic rings. The van der Waals surface area contributed by atoms with Gasteiger partial charge in [0.1, 0.15) is 6.04 Å². The normalized spacial score (nSPS) is 11.6. The zero-order valence-corrected chi connectivity index (χ0v) is 9.00. The average Bonchev–Trinajstić information content (AvgIpc) is 2.14. The summed E-state index contributed by atoms with van der Waals surface area (Å²) in [5.74, 6) is -0.953. The van der Waals surface area contributed by atoms with Gasteiger partial charge < -0.3 is 16.4 Å². The van der Waals surface area contributed by atoms with Crippen molar-refractivity contribution in [3.8, 4) is 0 Å². The second kappa shape index (κ2) is 6.80. The van der Waals surface area contributed by atoms with Crippen LogP contribution in [0.15, 0.2) is 0 Å². The van der Waals surface area contributed by atoms with Gasteiger partial charge in [0.15, 0.2) is 0 Å². The van der Waals surface area contributed by atoms with E-state index in [1.807, 2.05) is 0 Å². The maximum absolute atomic E-state index is 11.3. The minimum atomic E-state index is -0.591. The zero-order chi connectivity index (χ0) is 11.8. The SMILES string of the molecule is CNC(=O)[C@H](CCCC(N)=O)NC(C)=O. The third-order valence-corrected chi connectivity index (χ3v) is 1.86. The van der Waals surface area contributed by atoms with Crippen LogP contribution in [0.3, 0.4) is 0 Å². The quantitative estimate of drug-likeness (QED) is 0.523. The van der Waals surface area contributed by atoms with Crippen molar-refractivity contribution < 1.29 is 14.4 Å². The zero-order valence-electron chi connectivity index (χ0n) is 9.00. The van der Waals surface area contributed by atoms with E-state index in [1.54, 1.807) is 0 Å². The Morgan fingerprint density at radius 3 is 2.33 bits per heavy atom. The van der Waals surface area contributed by atoms with E-state index in [4.69, 9.17) is 5.73 Å². The van der Waals surface area contributed by atoms with Crippen molar-refractivity contribution in [1.29, 1.82) is 0 Å². The van der Waals surface area contributed by atoms with Crippen LogP contribution in [0.5, 0.6) is 0 Å². The molecule has 4 N–H and O–H groups in total. The van der Waals surface area contributed by atoms with Crippen LogP contribution < -0.4 is 16.4 Å². The number of hydrogen-bond acceptors (Lipinski definition) is 3. The number of carbonyl (C=O) groups is 3. The smallest absolute Gasteiger partial charge is 0.242 e. The fraction of sp³-hybridized carbons (Fsp3) is 0.667. The van der Waals surface area contributed by atoms with Crippen molar-refractivity contribution in [2.24, 2.45) is 5.73 Å². The van der Waals surface area contributed by atoms with Gasteiger partial charge in [0.25, 0.3) is 0 Å². The van der Waals surface area contributed by atoms with Crippen molar-refractivity contribution in [1.82, 2.24) is 10.6 Å². The van der Waals surface area contributed by atoms with Crippen LogP contribution in [0.25, 0.3) is 0 Å². The molecule has 0 bridgehead atoms. The molecule has 0 saturated carbocycles. The summed E-state index contributed by atoms with van der Waals surface area (Å²) < 4.78 is 0. The molecule has 0 rings (SSSR count). The predicted molar refractivity (Wildman–Crippen MR) is 54.7 cm³/mol. The van der Waals surface area contributed by atoms with Crippen molar-refractivity contribution in [2.45, 2.75) is 32.2 Å². The summed E-state index contributed by atoms with van der Waals surface area (Å²) in [6, 6.07) is -0.591. The number of nitrogens with one attached hydrogen (secondary N) is 2. The standard InChI is InChI=1S/C9H17N3O3/c1-6(13)12-7(9(15)11-2)4-3-5-8(10)14/h7H,3-5H2,1-2H3,(H2,10,14)(H,11,15)(H,12,13)/t7-/m0/s1. The number of rotatable bonds is 6. The summed E-state index contributed by atoms with van der Waals surface area (Å²) in [6.45, 7) is 1.34. The fourth-order valence-electron chi connectivity index (χ4n) is 1.17. The van der Waals surface area contributed by atoms with Crippen LogP contribution in [0.4, 0.5) is 0 Å². The van der Waals surface area contributed by atoms with Crippen LogP contribution in [-0.2, 0) is 14.4 Å². The molecule has 0 aliphatic carbocycles. The molecule has 0 aliphatic heterocycles. The Kier molecular flexibility index (Phi) is 6.08. The van der Waals surface area contributed by atoms with Crippen molar-refractivity contribution in [3.63, 3.8) is 0 Å². The van der Waals surface area contributed by atoms with Gasteiger partial charge in [-0.05, 0) is 12.8 Å². The Labute approximate surface area is 88.6 Å². The van der Waals surface area contributed by atoms with Crippen LogP contribution in [0.2, 0.25) is 0 Å². The molecule has 0 spiro atoms. The first kappa shape index (κ1) is 13.4. The van der Waals surface area contributed by atoms with Gasteiger partial charge in [-0.25, -0.2) is 0 Å². The molecule has 0 unspecified atom stereocenters. The van der Waals surface area contributed by atoms with Crippen LogP contribution in [-0.4, -0.2) is 30.8 Å². The summed E-state index contributed by atoms with van der Waals surface area (Å²) >= 11 is 0. The van der Waals surface area contributed by atoms with Crippen molar-refractivity contribution in [2.75, 3.05) is 7.05 Å².